The van der Waals surface area contributed by atoms with E-state index in [9.17, 15) is 9.59 Å². The first-order chi connectivity index (χ1) is 11.9. The molecule has 0 aromatic heterocycles. The van der Waals surface area contributed by atoms with Crippen LogP contribution in [0.3, 0.4) is 0 Å². The van der Waals surface area contributed by atoms with Gasteiger partial charge < -0.3 is 10.1 Å². The summed E-state index contributed by atoms with van der Waals surface area (Å²) in [6.07, 6.45) is 0. The minimum Gasteiger partial charge on any atom is -0.497 e. The lowest BCUT2D eigenvalue weighted by Crippen LogP contribution is -2.58. The third-order valence-electron chi connectivity index (χ3n) is 4.18. The number of ether oxygens (including phenoxy) is 1. The Bertz CT molecular complexity index is 803. The molecule has 3 rings (SSSR count). The van der Waals surface area contributed by atoms with Crippen LogP contribution in [0.2, 0.25) is 0 Å². The number of carbonyl (C=O) groups is 2. The van der Waals surface area contributed by atoms with Crippen molar-refractivity contribution in [2.75, 3.05) is 23.1 Å². The number of fused-ring (bicyclic) bond motifs is 1. The maximum atomic E-state index is 12.9. The Balaban J connectivity index is 1.81. The van der Waals surface area contributed by atoms with E-state index in [2.05, 4.69) is 5.32 Å². The molecule has 0 atom stereocenters. The number of rotatable bonds is 4. The molecule has 5 nitrogen and oxygen atoms in total. The summed E-state index contributed by atoms with van der Waals surface area (Å²) in [5, 5.41) is 2.87. The van der Waals surface area contributed by atoms with Gasteiger partial charge in [-0.3, -0.25) is 14.5 Å². The van der Waals surface area contributed by atoms with Crippen LogP contribution in [0.1, 0.15) is 13.8 Å². The zero-order valence-corrected chi connectivity index (χ0v) is 15.2. The molecule has 0 fully saturated rings. The summed E-state index contributed by atoms with van der Waals surface area (Å²) in [6, 6.07) is 14.9. The largest absolute Gasteiger partial charge is 0.497 e. The van der Waals surface area contributed by atoms with E-state index >= 15 is 0 Å². The number of hydrogen-bond donors (Lipinski definition) is 1. The van der Waals surface area contributed by atoms with Crippen molar-refractivity contribution >= 4 is 35.0 Å². The minimum atomic E-state index is -0.939. The van der Waals surface area contributed by atoms with Gasteiger partial charge in [0.25, 0.3) is 0 Å². The maximum absolute atomic E-state index is 12.9. The standard InChI is InChI=1S/C19H20N2O3S/c1-19(2)18(23)20-15-6-4-5-7-16(15)21(19)17(22)12-25-14-10-8-13(24-3)9-11-14/h4-11H,12H2,1-3H3,(H,20,23). The molecular formula is C19H20N2O3S. The van der Waals surface area contributed by atoms with Crippen LogP contribution in [-0.4, -0.2) is 30.2 Å². The molecule has 0 saturated carbocycles. The summed E-state index contributed by atoms with van der Waals surface area (Å²) in [6.45, 7) is 3.52. The second-order valence-electron chi connectivity index (χ2n) is 6.22. The predicted molar refractivity (Wildman–Crippen MR) is 100 cm³/mol. The number of amides is 2. The number of carbonyl (C=O) groups excluding carboxylic acids is 2. The van der Waals surface area contributed by atoms with Crippen LogP contribution in [0.4, 0.5) is 11.4 Å². The van der Waals surface area contributed by atoms with Gasteiger partial charge in [0.2, 0.25) is 11.8 Å². The molecule has 0 radical (unpaired) electrons. The molecule has 1 heterocycles. The fraction of sp³-hybridized carbons (Fsp3) is 0.263. The molecule has 1 aliphatic heterocycles. The average molecular weight is 356 g/mol. The fourth-order valence-electron chi connectivity index (χ4n) is 2.78. The van der Waals surface area contributed by atoms with Gasteiger partial charge in [0, 0.05) is 4.90 Å². The van der Waals surface area contributed by atoms with Gasteiger partial charge in [-0.25, -0.2) is 0 Å². The van der Waals surface area contributed by atoms with E-state index in [4.69, 9.17) is 4.74 Å². The molecule has 0 saturated heterocycles. The number of nitrogens with zero attached hydrogens (tertiary/aromatic N) is 1. The molecule has 6 heteroatoms. The molecule has 0 aliphatic carbocycles. The van der Waals surface area contributed by atoms with Crippen molar-refractivity contribution < 1.29 is 14.3 Å². The number of thioether (sulfide) groups is 1. The Kier molecular flexibility index (Phi) is 4.72. The normalized spacial score (nSPS) is 15.3. The molecule has 0 spiro atoms. The van der Waals surface area contributed by atoms with Gasteiger partial charge in [0.1, 0.15) is 11.3 Å². The Labute approximate surface area is 151 Å². The van der Waals surface area contributed by atoms with Crippen LogP contribution in [-0.2, 0) is 9.59 Å². The smallest absolute Gasteiger partial charge is 0.250 e. The molecule has 1 N–H and O–H groups in total. The van der Waals surface area contributed by atoms with Crippen LogP contribution >= 0.6 is 11.8 Å². The molecule has 0 unspecified atom stereocenters. The first kappa shape index (κ1) is 17.4. The van der Waals surface area contributed by atoms with Crippen LogP contribution in [0.5, 0.6) is 5.75 Å². The van der Waals surface area contributed by atoms with Crippen LogP contribution in [0, 0.1) is 0 Å². The van der Waals surface area contributed by atoms with Crippen LogP contribution in [0.15, 0.2) is 53.4 Å². The van der Waals surface area contributed by atoms with Crippen LogP contribution in [0.25, 0.3) is 0 Å². The lowest BCUT2D eigenvalue weighted by atomic mass is 9.96. The second-order valence-corrected chi connectivity index (χ2v) is 7.27. The third-order valence-corrected chi connectivity index (χ3v) is 5.18. The SMILES string of the molecule is COc1ccc(SCC(=O)N2c3ccccc3NC(=O)C2(C)C)cc1. The summed E-state index contributed by atoms with van der Waals surface area (Å²) < 4.78 is 5.14. The minimum absolute atomic E-state index is 0.104. The van der Waals surface area contributed by atoms with Crippen LogP contribution < -0.4 is 15.0 Å². The number of para-hydroxylation sites is 2. The highest BCUT2D eigenvalue weighted by atomic mass is 32.2. The number of benzene rings is 2. The molecule has 130 valence electrons. The van der Waals surface area contributed by atoms with E-state index in [1.807, 2.05) is 42.5 Å². The lowest BCUT2D eigenvalue weighted by molar-refractivity contribution is -0.125. The van der Waals surface area contributed by atoms with E-state index < -0.39 is 5.54 Å². The van der Waals surface area contributed by atoms with Gasteiger partial charge in [0.15, 0.2) is 0 Å². The number of hydrogen-bond acceptors (Lipinski definition) is 4. The van der Waals surface area contributed by atoms with E-state index in [0.29, 0.717) is 5.69 Å². The van der Waals surface area contributed by atoms with Crippen molar-refractivity contribution in [2.24, 2.45) is 0 Å². The molecular weight excluding hydrogens is 336 g/mol. The first-order valence-corrected chi connectivity index (χ1v) is 8.92. The van der Waals surface area contributed by atoms with Gasteiger partial charge in [-0.2, -0.15) is 0 Å². The topological polar surface area (TPSA) is 58.6 Å². The van der Waals surface area contributed by atoms with Gasteiger partial charge in [0.05, 0.1) is 24.2 Å². The summed E-state index contributed by atoms with van der Waals surface area (Å²) >= 11 is 1.44. The van der Waals surface area contributed by atoms with Gasteiger partial charge in [-0.05, 0) is 50.2 Å². The quantitative estimate of drug-likeness (QED) is 0.851. The monoisotopic (exact) mass is 356 g/mol. The molecule has 0 bridgehead atoms. The van der Waals surface area contributed by atoms with Gasteiger partial charge in [-0.1, -0.05) is 12.1 Å². The van der Waals surface area contributed by atoms with Gasteiger partial charge in [-0.15, -0.1) is 11.8 Å². The van der Waals surface area contributed by atoms with Crippen molar-refractivity contribution in [3.8, 4) is 5.75 Å². The van der Waals surface area contributed by atoms with E-state index in [0.717, 1.165) is 16.3 Å². The van der Waals surface area contributed by atoms with E-state index in [-0.39, 0.29) is 17.6 Å². The summed E-state index contributed by atoms with van der Waals surface area (Å²) in [5.74, 6) is 0.734. The second kappa shape index (κ2) is 6.80. The van der Waals surface area contributed by atoms with Crippen molar-refractivity contribution in [2.45, 2.75) is 24.3 Å². The first-order valence-electron chi connectivity index (χ1n) is 7.94. The number of anilines is 2. The maximum Gasteiger partial charge on any atom is 0.250 e. The number of methoxy groups -OCH3 is 1. The zero-order chi connectivity index (χ0) is 18.0. The molecule has 2 amide bonds. The highest BCUT2D eigenvalue weighted by Crippen LogP contribution is 2.37. The average Bonchev–Trinajstić information content (AvgIpc) is 2.61. The Morgan fingerprint density at radius 2 is 1.84 bits per heavy atom. The molecule has 2 aromatic carbocycles. The van der Waals surface area contributed by atoms with Crippen molar-refractivity contribution in [1.29, 1.82) is 0 Å². The predicted octanol–water partition coefficient (Wildman–Crippen LogP) is 3.55. The molecule has 1 aliphatic rings. The van der Waals surface area contributed by atoms with E-state index in [1.54, 1.807) is 31.9 Å². The Morgan fingerprint density at radius 3 is 2.52 bits per heavy atom. The van der Waals surface area contributed by atoms with Crippen molar-refractivity contribution in [3.05, 3.63) is 48.5 Å². The Hall–Kier alpha value is -2.47. The van der Waals surface area contributed by atoms with Crippen molar-refractivity contribution in [1.82, 2.24) is 0 Å². The summed E-state index contributed by atoms with van der Waals surface area (Å²) in [4.78, 5) is 27.9. The highest BCUT2D eigenvalue weighted by Gasteiger charge is 2.43. The fourth-order valence-corrected chi connectivity index (χ4v) is 3.53. The molecule has 25 heavy (non-hydrogen) atoms. The zero-order valence-electron chi connectivity index (χ0n) is 14.4. The third kappa shape index (κ3) is 3.35. The summed E-state index contributed by atoms with van der Waals surface area (Å²) in [5.41, 5.74) is 0.452. The molecule has 2 aromatic rings. The Morgan fingerprint density at radius 1 is 1.16 bits per heavy atom. The highest BCUT2D eigenvalue weighted by molar-refractivity contribution is 8.00. The summed E-state index contributed by atoms with van der Waals surface area (Å²) in [7, 11) is 1.62. The van der Waals surface area contributed by atoms with E-state index in [1.165, 1.54) is 11.8 Å². The van der Waals surface area contributed by atoms with Crippen molar-refractivity contribution in [3.63, 3.8) is 0 Å². The van der Waals surface area contributed by atoms with Gasteiger partial charge >= 0.3 is 0 Å². The number of nitrogens with one attached hydrogen (secondary N) is 1. The lowest BCUT2D eigenvalue weighted by Gasteiger charge is -2.42.